The average Bonchev–Trinajstić information content (AvgIpc) is 3.16. The Labute approximate surface area is 237 Å². The van der Waals surface area contributed by atoms with E-state index >= 15 is 0 Å². The molecule has 2 aliphatic rings. The standard InChI is InChI=1S/C26H44N4O8S2/c1-18(27)8-6-7-9-20(16-31)28-23(33)15-30(4)24(34)21(11-13-39(5,35)36)29-40(37,38)17-26-12-10-19(14-22(26)32)25(26,2)3/h16,19-21,27,29H,6-15,17H2,1-5H3,(H,28,33)/t19?,20-,21-,26+/m0/s1. The molecule has 0 aromatic rings. The molecule has 3 N–H and O–H groups in total. The predicted octanol–water partition coefficient (Wildman–Crippen LogP) is 0.847. The summed E-state index contributed by atoms with van der Waals surface area (Å²) < 4.78 is 52.6. The molecular weight excluding hydrogens is 560 g/mol. The third kappa shape index (κ3) is 8.65. The molecule has 2 rings (SSSR count). The van der Waals surface area contributed by atoms with Crippen LogP contribution in [-0.4, -0.2) is 94.8 Å². The number of fused-ring (bicyclic) bond motifs is 2. The number of nitrogens with one attached hydrogen (secondary N) is 3. The number of ketones is 1. The Kier molecular flexibility index (Phi) is 11.2. The highest BCUT2D eigenvalue weighted by molar-refractivity contribution is 7.90. The highest BCUT2D eigenvalue weighted by atomic mass is 32.2. The Bertz CT molecular complexity index is 1210. The lowest BCUT2D eigenvalue weighted by molar-refractivity contribution is -0.136. The molecule has 2 amide bonds. The predicted molar refractivity (Wildman–Crippen MR) is 151 cm³/mol. The quantitative estimate of drug-likeness (QED) is 0.124. The lowest BCUT2D eigenvalue weighted by atomic mass is 9.70. The minimum atomic E-state index is -4.20. The zero-order valence-corrected chi connectivity index (χ0v) is 25.8. The van der Waals surface area contributed by atoms with Crippen molar-refractivity contribution in [3.8, 4) is 0 Å². The molecule has 0 aromatic heterocycles. The van der Waals surface area contributed by atoms with E-state index in [0.717, 1.165) is 17.6 Å². The molecule has 0 saturated heterocycles. The maximum Gasteiger partial charge on any atom is 0.240 e. The third-order valence-corrected chi connectivity index (χ3v) is 11.1. The number of carbonyl (C=O) groups is 4. The molecule has 2 aliphatic carbocycles. The second kappa shape index (κ2) is 13.2. The number of hydrogen-bond donors (Lipinski definition) is 3. The van der Waals surface area contributed by atoms with Gasteiger partial charge in [-0.05, 0) is 56.8 Å². The summed E-state index contributed by atoms with van der Waals surface area (Å²) in [6.07, 6.45) is 4.99. The van der Waals surface area contributed by atoms with Crippen molar-refractivity contribution in [3.05, 3.63) is 0 Å². The fraction of sp³-hybridized carbons (Fsp3) is 0.808. The van der Waals surface area contributed by atoms with Gasteiger partial charge in [-0.2, -0.15) is 0 Å². The summed E-state index contributed by atoms with van der Waals surface area (Å²) >= 11 is 0. The summed E-state index contributed by atoms with van der Waals surface area (Å²) in [6, 6.07) is -2.24. The molecule has 4 atom stereocenters. The maximum absolute atomic E-state index is 13.3. The summed E-state index contributed by atoms with van der Waals surface area (Å²) in [5, 5.41) is 9.98. The molecule has 0 spiro atoms. The van der Waals surface area contributed by atoms with Crippen LogP contribution in [0.3, 0.4) is 0 Å². The highest BCUT2D eigenvalue weighted by Gasteiger charge is 2.65. The van der Waals surface area contributed by atoms with E-state index in [0.29, 0.717) is 50.5 Å². The van der Waals surface area contributed by atoms with Gasteiger partial charge < -0.3 is 20.4 Å². The van der Waals surface area contributed by atoms with Crippen molar-refractivity contribution < 1.29 is 36.0 Å². The summed E-state index contributed by atoms with van der Waals surface area (Å²) in [5.74, 6) is -2.40. The molecule has 228 valence electrons. The fourth-order valence-corrected chi connectivity index (χ4v) is 8.72. The van der Waals surface area contributed by atoms with E-state index in [-0.39, 0.29) is 18.1 Å². The minimum Gasteiger partial charge on any atom is -0.345 e. The van der Waals surface area contributed by atoms with Crippen molar-refractivity contribution in [1.82, 2.24) is 14.9 Å². The van der Waals surface area contributed by atoms with Gasteiger partial charge in [-0.1, -0.05) is 20.3 Å². The number of likely N-dealkylation sites (N-methyl/N-ethyl adjacent to an activating group) is 1. The second-order valence-corrected chi connectivity index (χ2v) is 16.1. The van der Waals surface area contributed by atoms with Gasteiger partial charge in [0.1, 0.15) is 27.9 Å². The summed E-state index contributed by atoms with van der Waals surface area (Å²) in [6.45, 7) is 5.00. The van der Waals surface area contributed by atoms with Crippen LogP contribution in [0.1, 0.15) is 72.1 Å². The van der Waals surface area contributed by atoms with Gasteiger partial charge >= 0.3 is 0 Å². The van der Waals surface area contributed by atoms with Crippen LogP contribution in [-0.2, 0) is 39.0 Å². The molecule has 0 heterocycles. The van der Waals surface area contributed by atoms with Crippen LogP contribution in [0, 0.1) is 22.2 Å². The van der Waals surface area contributed by atoms with Crippen molar-refractivity contribution in [2.75, 3.05) is 31.4 Å². The van der Waals surface area contributed by atoms with Gasteiger partial charge in [0, 0.05) is 30.9 Å². The molecule has 0 radical (unpaired) electrons. The van der Waals surface area contributed by atoms with Crippen molar-refractivity contribution >= 4 is 49.5 Å². The van der Waals surface area contributed by atoms with Gasteiger partial charge in [0.15, 0.2) is 0 Å². The zero-order chi connectivity index (χ0) is 30.5. The van der Waals surface area contributed by atoms with Gasteiger partial charge in [-0.15, -0.1) is 0 Å². The van der Waals surface area contributed by atoms with Crippen LogP contribution in [0.4, 0.5) is 0 Å². The number of unbranched alkanes of at least 4 members (excludes halogenated alkanes) is 1. The molecule has 0 aromatic carbocycles. The number of carbonyl (C=O) groups excluding carboxylic acids is 4. The zero-order valence-electron chi connectivity index (χ0n) is 24.1. The van der Waals surface area contributed by atoms with Gasteiger partial charge in [0.05, 0.1) is 24.1 Å². The molecule has 2 bridgehead atoms. The molecular formula is C26H44N4O8S2. The normalized spacial score (nSPS) is 23.4. The van der Waals surface area contributed by atoms with Crippen molar-refractivity contribution in [3.63, 3.8) is 0 Å². The molecule has 1 unspecified atom stereocenters. The molecule has 40 heavy (non-hydrogen) atoms. The van der Waals surface area contributed by atoms with E-state index in [1.165, 1.54) is 7.05 Å². The number of rotatable bonds is 17. The number of sulfone groups is 1. The monoisotopic (exact) mass is 604 g/mol. The van der Waals surface area contributed by atoms with Crippen LogP contribution in [0.5, 0.6) is 0 Å². The molecule has 0 aliphatic heterocycles. The van der Waals surface area contributed by atoms with Crippen LogP contribution in [0.25, 0.3) is 0 Å². The number of Topliss-reactive ketones (excluding diaryl/α,β-unsaturated/α-hetero) is 1. The highest BCUT2D eigenvalue weighted by Crippen LogP contribution is 2.64. The Morgan fingerprint density at radius 1 is 1.18 bits per heavy atom. The molecule has 12 nitrogen and oxygen atoms in total. The largest absolute Gasteiger partial charge is 0.345 e. The topological polar surface area (TPSA) is 188 Å². The summed E-state index contributed by atoms with van der Waals surface area (Å²) in [7, 11) is -6.46. The van der Waals surface area contributed by atoms with E-state index in [1.807, 2.05) is 13.8 Å². The first-order chi connectivity index (χ1) is 18.3. The van der Waals surface area contributed by atoms with Gasteiger partial charge in [0.25, 0.3) is 0 Å². The third-order valence-electron chi connectivity index (χ3n) is 8.56. The molecule has 14 heteroatoms. The van der Waals surface area contributed by atoms with Crippen LogP contribution in [0.2, 0.25) is 0 Å². The Morgan fingerprint density at radius 3 is 2.33 bits per heavy atom. The first kappa shape index (κ1) is 34.0. The summed E-state index contributed by atoms with van der Waals surface area (Å²) in [4.78, 5) is 51.0. The Hall–Kier alpha value is -2.19. The van der Waals surface area contributed by atoms with Crippen LogP contribution < -0.4 is 10.0 Å². The molecule has 2 fully saturated rings. The Morgan fingerprint density at radius 2 is 1.82 bits per heavy atom. The fourth-order valence-electron chi connectivity index (χ4n) is 6.00. The SMILES string of the molecule is CC(=N)CCCC[C@@H](C=O)NC(=O)CN(C)C(=O)[C@H](CCS(C)(=O)=O)NS(=O)(=O)C[C@]12CCC(CC1=O)C2(C)C. The first-order valence-electron chi connectivity index (χ1n) is 13.6. The van der Waals surface area contributed by atoms with Gasteiger partial charge in [-0.3, -0.25) is 14.4 Å². The van der Waals surface area contributed by atoms with Crippen LogP contribution >= 0.6 is 0 Å². The number of sulfonamides is 1. The van der Waals surface area contributed by atoms with Crippen molar-refractivity contribution in [1.29, 1.82) is 5.41 Å². The van der Waals surface area contributed by atoms with Crippen LogP contribution in [0.15, 0.2) is 0 Å². The lowest BCUT2D eigenvalue weighted by Gasteiger charge is -2.36. The number of amides is 2. The lowest BCUT2D eigenvalue weighted by Crippen LogP contribution is -2.53. The van der Waals surface area contributed by atoms with E-state index in [1.54, 1.807) is 6.92 Å². The number of nitrogens with zero attached hydrogens (tertiary/aromatic N) is 1. The van der Waals surface area contributed by atoms with Crippen molar-refractivity contribution in [2.45, 2.75) is 84.2 Å². The number of hydrogen-bond acceptors (Lipinski definition) is 9. The van der Waals surface area contributed by atoms with E-state index in [4.69, 9.17) is 5.41 Å². The first-order valence-corrected chi connectivity index (χ1v) is 17.3. The average molecular weight is 605 g/mol. The molecule has 2 saturated carbocycles. The minimum absolute atomic E-state index is 0.0952. The van der Waals surface area contributed by atoms with E-state index < -0.39 is 72.6 Å². The Balaban J connectivity index is 2.10. The van der Waals surface area contributed by atoms with Gasteiger partial charge in [0.2, 0.25) is 21.8 Å². The number of aldehydes is 1. The smallest absolute Gasteiger partial charge is 0.240 e. The maximum atomic E-state index is 13.3. The summed E-state index contributed by atoms with van der Waals surface area (Å²) in [5.41, 5.74) is -1.06. The van der Waals surface area contributed by atoms with E-state index in [2.05, 4.69) is 10.0 Å². The van der Waals surface area contributed by atoms with Crippen molar-refractivity contribution in [2.24, 2.45) is 16.7 Å². The van der Waals surface area contributed by atoms with E-state index in [9.17, 15) is 36.0 Å². The van der Waals surface area contributed by atoms with Gasteiger partial charge in [-0.25, -0.2) is 21.6 Å². The second-order valence-electron chi connectivity index (χ2n) is 12.0.